The van der Waals surface area contributed by atoms with Crippen LogP contribution in [0.15, 0.2) is 60.6 Å². The molecule has 11 heteroatoms. The van der Waals surface area contributed by atoms with Gasteiger partial charge in [0.15, 0.2) is 5.82 Å². The Balaban J connectivity index is 1.47. The minimum atomic E-state index is -0.387. The van der Waals surface area contributed by atoms with Crippen LogP contribution in [-0.2, 0) is 22.4 Å². The van der Waals surface area contributed by atoms with E-state index in [1.165, 1.54) is 30.4 Å². The standard InChI is InChI=1S/C26H31FN8O2/c1-17-6-7-19(27)14-22(17)18-10-11-31-21(13-18)15-25(36)32-24-9-8-20(33-34-24)5-3-4-12-35(29)16-23(28)26(37)30-2/h6-11,13-14,16H,3-5,12,15,28-29H2,1-2H3,(H,30,37)(H,32,34,36)/b23-16-. The number of nitrogens with one attached hydrogen (secondary N) is 2. The van der Waals surface area contributed by atoms with E-state index in [9.17, 15) is 14.0 Å². The van der Waals surface area contributed by atoms with Crippen molar-refractivity contribution in [3.63, 3.8) is 0 Å². The molecule has 0 aliphatic carbocycles. The highest BCUT2D eigenvalue weighted by atomic mass is 19.1. The smallest absolute Gasteiger partial charge is 0.268 e. The van der Waals surface area contributed by atoms with Crippen molar-refractivity contribution in [3.8, 4) is 11.1 Å². The number of carbonyl (C=O) groups is 2. The summed E-state index contributed by atoms with van der Waals surface area (Å²) in [4.78, 5) is 28.2. The summed E-state index contributed by atoms with van der Waals surface area (Å²) in [5.74, 6) is 5.18. The lowest BCUT2D eigenvalue weighted by molar-refractivity contribution is -0.117. The van der Waals surface area contributed by atoms with Crippen LogP contribution >= 0.6 is 0 Å². The molecule has 0 fully saturated rings. The Bertz CT molecular complexity index is 1260. The maximum Gasteiger partial charge on any atom is 0.268 e. The maximum absolute atomic E-state index is 13.7. The molecule has 0 bridgehead atoms. The van der Waals surface area contributed by atoms with Crippen molar-refractivity contribution in [1.29, 1.82) is 0 Å². The Labute approximate surface area is 214 Å². The number of hydrogen-bond acceptors (Lipinski definition) is 8. The zero-order valence-electron chi connectivity index (χ0n) is 20.9. The van der Waals surface area contributed by atoms with Crippen molar-refractivity contribution < 1.29 is 14.0 Å². The van der Waals surface area contributed by atoms with Gasteiger partial charge in [-0.05, 0) is 79.3 Å². The number of pyridine rings is 1. The number of amides is 2. The third kappa shape index (κ3) is 8.36. The van der Waals surface area contributed by atoms with Gasteiger partial charge in [0, 0.05) is 26.0 Å². The second-order valence-electron chi connectivity index (χ2n) is 8.49. The van der Waals surface area contributed by atoms with Gasteiger partial charge >= 0.3 is 0 Å². The fourth-order valence-corrected chi connectivity index (χ4v) is 3.61. The molecule has 3 aromatic rings. The minimum absolute atomic E-state index is 0.0404. The van der Waals surface area contributed by atoms with Crippen LogP contribution in [-0.4, -0.2) is 45.6 Å². The minimum Gasteiger partial charge on any atom is -0.393 e. The van der Waals surface area contributed by atoms with E-state index in [4.69, 9.17) is 11.6 Å². The highest BCUT2D eigenvalue weighted by molar-refractivity contribution is 5.92. The molecule has 0 aliphatic heterocycles. The van der Waals surface area contributed by atoms with Crippen LogP contribution in [0.2, 0.25) is 0 Å². The quantitative estimate of drug-likeness (QED) is 0.134. The predicted octanol–water partition coefficient (Wildman–Crippen LogP) is 2.21. The summed E-state index contributed by atoms with van der Waals surface area (Å²) in [6.07, 6.45) is 5.28. The van der Waals surface area contributed by atoms with Crippen molar-refractivity contribution in [2.75, 3.05) is 18.9 Å². The van der Waals surface area contributed by atoms with E-state index in [1.807, 2.05) is 6.92 Å². The van der Waals surface area contributed by atoms with Crippen LogP contribution in [0.5, 0.6) is 0 Å². The normalized spacial score (nSPS) is 11.2. The number of benzene rings is 1. The van der Waals surface area contributed by atoms with Gasteiger partial charge in [0.2, 0.25) is 5.91 Å². The van der Waals surface area contributed by atoms with Gasteiger partial charge in [0.05, 0.1) is 17.8 Å². The number of rotatable bonds is 11. The van der Waals surface area contributed by atoms with Crippen LogP contribution in [0.25, 0.3) is 11.1 Å². The SMILES string of the molecule is CNC(=O)/C(N)=C/N(N)CCCCc1ccc(NC(=O)Cc2cc(-c3cc(F)ccc3C)ccn2)nn1. The molecule has 3 rings (SSSR count). The maximum atomic E-state index is 13.7. The number of nitrogens with zero attached hydrogens (tertiary/aromatic N) is 4. The number of carbonyl (C=O) groups excluding carboxylic acids is 2. The van der Waals surface area contributed by atoms with Crippen LogP contribution in [0.1, 0.15) is 29.8 Å². The van der Waals surface area contributed by atoms with E-state index in [2.05, 4.69) is 25.8 Å². The number of halogens is 1. The molecule has 0 atom stereocenters. The molecular formula is C26H31FN8O2. The zero-order valence-corrected chi connectivity index (χ0v) is 20.9. The fraction of sp³-hybridized carbons (Fsp3) is 0.269. The number of hydrazine groups is 1. The summed E-state index contributed by atoms with van der Waals surface area (Å²) in [7, 11) is 1.49. The highest BCUT2D eigenvalue weighted by Gasteiger charge is 2.10. The summed E-state index contributed by atoms with van der Waals surface area (Å²) in [5, 5.41) is 14.8. The van der Waals surface area contributed by atoms with Gasteiger partial charge in [-0.15, -0.1) is 5.10 Å². The van der Waals surface area contributed by atoms with Crippen molar-refractivity contribution in [1.82, 2.24) is 25.5 Å². The van der Waals surface area contributed by atoms with Crippen LogP contribution < -0.4 is 22.2 Å². The van der Waals surface area contributed by atoms with E-state index >= 15 is 0 Å². The molecule has 2 amide bonds. The van der Waals surface area contributed by atoms with E-state index < -0.39 is 0 Å². The first-order valence-corrected chi connectivity index (χ1v) is 11.8. The van der Waals surface area contributed by atoms with Crippen molar-refractivity contribution in [2.45, 2.75) is 32.6 Å². The molecule has 2 aromatic heterocycles. The number of nitrogens with two attached hydrogens (primary N) is 2. The van der Waals surface area contributed by atoms with Gasteiger partial charge in [0.25, 0.3) is 5.91 Å². The average Bonchev–Trinajstić information content (AvgIpc) is 2.88. The summed E-state index contributed by atoms with van der Waals surface area (Å²) < 4.78 is 13.7. The molecule has 0 spiro atoms. The number of anilines is 1. The molecule has 0 saturated carbocycles. The molecule has 0 saturated heterocycles. The third-order valence-electron chi connectivity index (χ3n) is 5.55. The number of likely N-dealkylation sites (N-methyl/N-ethyl adjacent to an activating group) is 1. The second-order valence-corrected chi connectivity index (χ2v) is 8.49. The lowest BCUT2D eigenvalue weighted by Crippen LogP contribution is -2.32. The monoisotopic (exact) mass is 506 g/mol. The summed E-state index contributed by atoms with van der Waals surface area (Å²) in [5.41, 5.74) is 9.48. The number of aromatic nitrogens is 3. The Hall–Kier alpha value is -4.38. The summed E-state index contributed by atoms with van der Waals surface area (Å²) in [6.45, 7) is 2.42. The van der Waals surface area contributed by atoms with Crippen LogP contribution in [0.3, 0.4) is 0 Å². The summed E-state index contributed by atoms with van der Waals surface area (Å²) in [6, 6.07) is 11.7. The Morgan fingerprint density at radius 2 is 1.89 bits per heavy atom. The first kappa shape index (κ1) is 27.2. The molecule has 194 valence electrons. The molecule has 0 aliphatic rings. The Kier molecular flexibility index (Phi) is 9.61. The van der Waals surface area contributed by atoms with Gasteiger partial charge in [-0.3, -0.25) is 14.6 Å². The second kappa shape index (κ2) is 13.1. The van der Waals surface area contributed by atoms with Gasteiger partial charge < -0.3 is 21.4 Å². The van der Waals surface area contributed by atoms with Crippen LogP contribution in [0.4, 0.5) is 10.2 Å². The predicted molar refractivity (Wildman–Crippen MR) is 139 cm³/mol. The van der Waals surface area contributed by atoms with Gasteiger partial charge in [-0.25, -0.2) is 10.2 Å². The lowest BCUT2D eigenvalue weighted by atomic mass is 10.0. The highest BCUT2D eigenvalue weighted by Crippen LogP contribution is 2.24. The molecule has 1 aromatic carbocycles. The third-order valence-corrected chi connectivity index (χ3v) is 5.55. The first-order valence-electron chi connectivity index (χ1n) is 11.8. The molecule has 0 unspecified atom stereocenters. The molecule has 0 radical (unpaired) electrons. The summed E-state index contributed by atoms with van der Waals surface area (Å²) >= 11 is 0. The Morgan fingerprint density at radius 1 is 1.08 bits per heavy atom. The zero-order chi connectivity index (χ0) is 26.8. The van der Waals surface area contributed by atoms with Gasteiger partial charge in [0.1, 0.15) is 11.5 Å². The van der Waals surface area contributed by atoms with Crippen molar-refractivity contribution in [3.05, 3.63) is 83.3 Å². The van der Waals surface area contributed by atoms with Crippen molar-refractivity contribution >= 4 is 17.6 Å². The number of hydrogen-bond donors (Lipinski definition) is 4. The topological polar surface area (TPSA) is 152 Å². The van der Waals surface area contributed by atoms with E-state index in [-0.39, 0.29) is 29.7 Å². The molecular weight excluding hydrogens is 475 g/mol. The fourth-order valence-electron chi connectivity index (χ4n) is 3.61. The number of unbranched alkanes of at least 4 members (excludes halogenated alkanes) is 1. The Morgan fingerprint density at radius 3 is 2.62 bits per heavy atom. The van der Waals surface area contributed by atoms with Gasteiger partial charge in [-0.1, -0.05) is 6.07 Å². The average molecular weight is 507 g/mol. The lowest BCUT2D eigenvalue weighted by Gasteiger charge is -2.14. The van der Waals surface area contributed by atoms with E-state index in [0.717, 1.165) is 35.2 Å². The van der Waals surface area contributed by atoms with E-state index in [1.54, 1.807) is 36.5 Å². The van der Waals surface area contributed by atoms with E-state index in [0.29, 0.717) is 24.5 Å². The first-order chi connectivity index (χ1) is 17.7. The molecule has 10 nitrogen and oxygen atoms in total. The molecule has 2 heterocycles. The molecule has 6 N–H and O–H groups in total. The van der Waals surface area contributed by atoms with Gasteiger partial charge in [-0.2, -0.15) is 5.10 Å². The van der Waals surface area contributed by atoms with Crippen molar-refractivity contribution in [2.24, 2.45) is 11.6 Å². The molecule has 37 heavy (non-hydrogen) atoms. The number of aryl methyl sites for hydroxylation is 2. The largest absolute Gasteiger partial charge is 0.393 e. The van der Waals surface area contributed by atoms with Crippen LogP contribution in [0, 0.1) is 12.7 Å².